The van der Waals surface area contributed by atoms with Crippen LogP contribution in [-0.2, 0) is 0 Å². The zero-order valence-electron chi connectivity index (χ0n) is 13.0. The number of hydrogen-bond acceptors (Lipinski definition) is 2. The maximum absolute atomic E-state index is 6.21. The number of nitrogens with zero attached hydrogens (tertiary/aromatic N) is 1. The second kappa shape index (κ2) is 4.82. The van der Waals surface area contributed by atoms with Crippen molar-refractivity contribution in [1.29, 1.82) is 0 Å². The van der Waals surface area contributed by atoms with Gasteiger partial charge >= 0.3 is 0 Å². The molecule has 2 unspecified atom stereocenters. The Hall–Kier alpha value is -1.02. The number of likely N-dealkylation sites (N-methyl/N-ethyl adjacent to an activating group) is 1. The monoisotopic (exact) mass is 260 g/mol. The number of aryl methyl sites for hydroxylation is 1. The summed E-state index contributed by atoms with van der Waals surface area (Å²) >= 11 is 0. The molecule has 0 aromatic heterocycles. The lowest BCUT2D eigenvalue weighted by atomic mass is 9.84. The van der Waals surface area contributed by atoms with E-state index in [9.17, 15) is 0 Å². The third-order valence-electron chi connectivity index (χ3n) is 5.00. The zero-order chi connectivity index (χ0) is 14.3. The fourth-order valence-corrected chi connectivity index (χ4v) is 3.98. The normalized spacial score (nSPS) is 29.5. The van der Waals surface area contributed by atoms with Crippen LogP contribution in [0.2, 0.25) is 0 Å². The Morgan fingerprint density at radius 3 is 2.26 bits per heavy atom. The highest BCUT2D eigenvalue weighted by atomic mass is 15.2. The van der Waals surface area contributed by atoms with Crippen LogP contribution in [0.3, 0.4) is 0 Å². The molecule has 0 aliphatic heterocycles. The second-order valence-electron chi connectivity index (χ2n) is 7.15. The van der Waals surface area contributed by atoms with E-state index in [0.29, 0.717) is 11.3 Å². The van der Waals surface area contributed by atoms with Crippen molar-refractivity contribution in [3.8, 4) is 0 Å². The molecule has 2 rings (SSSR count). The van der Waals surface area contributed by atoms with E-state index >= 15 is 0 Å². The van der Waals surface area contributed by atoms with Gasteiger partial charge in [-0.15, -0.1) is 0 Å². The van der Waals surface area contributed by atoms with Crippen LogP contribution in [0, 0.1) is 18.3 Å². The standard InChI is InChI=1S/C17H28N2/c1-13-6-8-15(9-7-13)19(5)17(12-18)11-16(3,4)10-14(17)2/h6-9,14H,10-12,18H2,1-5H3. The van der Waals surface area contributed by atoms with Gasteiger partial charge in [-0.3, -0.25) is 0 Å². The van der Waals surface area contributed by atoms with Gasteiger partial charge in [0.05, 0.1) is 5.54 Å². The minimum absolute atomic E-state index is 0.0960. The molecule has 19 heavy (non-hydrogen) atoms. The van der Waals surface area contributed by atoms with Crippen molar-refractivity contribution >= 4 is 5.69 Å². The number of nitrogens with two attached hydrogens (primary N) is 1. The Bertz CT molecular complexity index is 435. The first-order valence-electron chi connectivity index (χ1n) is 7.31. The first-order chi connectivity index (χ1) is 8.81. The summed E-state index contributed by atoms with van der Waals surface area (Å²) in [6.07, 6.45) is 2.42. The zero-order valence-corrected chi connectivity index (χ0v) is 13.0. The number of anilines is 1. The lowest BCUT2D eigenvalue weighted by Gasteiger charge is -2.44. The molecular weight excluding hydrogens is 232 g/mol. The smallest absolute Gasteiger partial charge is 0.0551 e. The minimum Gasteiger partial charge on any atom is -0.367 e. The van der Waals surface area contributed by atoms with Crippen molar-refractivity contribution in [2.75, 3.05) is 18.5 Å². The molecule has 1 saturated carbocycles. The van der Waals surface area contributed by atoms with Gasteiger partial charge in [0.15, 0.2) is 0 Å². The molecule has 2 N–H and O–H groups in total. The molecule has 0 amide bonds. The maximum Gasteiger partial charge on any atom is 0.0551 e. The van der Waals surface area contributed by atoms with Crippen molar-refractivity contribution < 1.29 is 0 Å². The fourth-order valence-electron chi connectivity index (χ4n) is 3.98. The molecule has 1 aromatic carbocycles. The van der Waals surface area contributed by atoms with E-state index in [-0.39, 0.29) is 5.54 Å². The van der Waals surface area contributed by atoms with Crippen LogP contribution in [0.5, 0.6) is 0 Å². The number of rotatable bonds is 3. The fraction of sp³-hybridized carbons (Fsp3) is 0.647. The largest absolute Gasteiger partial charge is 0.367 e. The Morgan fingerprint density at radius 1 is 1.26 bits per heavy atom. The quantitative estimate of drug-likeness (QED) is 0.900. The van der Waals surface area contributed by atoms with E-state index in [4.69, 9.17) is 5.73 Å². The minimum atomic E-state index is 0.0960. The summed E-state index contributed by atoms with van der Waals surface area (Å²) in [6, 6.07) is 8.79. The highest BCUT2D eigenvalue weighted by Crippen LogP contribution is 2.50. The average molecular weight is 260 g/mol. The molecule has 1 aliphatic rings. The number of benzene rings is 1. The van der Waals surface area contributed by atoms with Crippen LogP contribution in [-0.4, -0.2) is 19.1 Å². The molecule has 2 atom stereocenters. The van der Waals surface area contributed by atoms with E-state index in [1.165, 1.54) is 24.1 Å². The highest BCUT2D eigenvalue weighted by Gasteiger charge is 2.50. The van der Waals surface area contributed by atoms with E-state index in [1.54, 1.807) is 0 Å². The van der Waals surface area contributed by atoms with Crippen LogP contribution in [0.25, 0.3) is 0 Å². The Labute approximate surface area is 118 Å². The van der Waals surface area contributed by atoms with Crippen LogP contribution < -0.4 is 10.6 Å². The maximum atomic E-state index is 6.21. The summed E-state index contributed by atoms with van der Waals surface area (Å²) in [5.41, 5.74) is 9.27. The predicted molar refractivity (Wildman–Crippen MR) is 83.5 cm³/mol. The topological polar surface area (TPSA) is 29.3 Å². The van der Waals surface area contributed by atoms with Crippen LogP contribution in [0.1, 0.15) is 39.2 Å². The highest BCUT2D eigenvalue weighted by molar-refractivity contribution is 5.50. The Balaban J connectivity index is 2.34. The first kappa shape index (κ1) is 14.4. The predicted octanol–water partition coefficient (Wildman–Crippen LogP) is 3.58. The van der Waals surface area contributed by atoms with E-state index in [0.717, 1.165) is 6.54 Å². The molecule has 0 radical (unpaired) electrons. The second-order valence-corrected chi connectivity index (χ2v) is 7.15. The average Bonchev–Trinajstić information content (AvgIpc) is 2.59. The van der Waals surface area contributed by atoms with Crippen molar-refractivity contribution in [2.45, 2.75) is 46.1 Å². The summed E-state index contributed by atoms with van der Waals surface area (Å²) in [6.45, 7) is 9.94. The lowest BCUT2D eigenvalue weighted by molar-refractivity contribution is 0.316. The third kappa shape index (κ3) is 2.51. The molecule has 1 aromatic rings. The van der Waals surface area contributed by atoms with E-state index < -0.39 is 0 Å². The molecule has 0 spiro atoms. The molecule has 1 aliphatic carbocycles. The van der Waals surface area contributed by atoms with Gasteiger partial charge in [-0.2, -0.15) is 0 Å². The Kier molecular flexibility index (Phi) is 3.65. The molecule has 2 heteroatoms. The van der Waals surface area contributed by atoms with Crippen molar-refractivity contribution in [3.05, 3.63) is 29.8 Å². The van der Waals surface area contributed by atoms with Crippen LogP contribution >= 0.6 is 0 Å². The summed E-state index contributed by atoms with van der Waals surface area (Å²) in [4.78, 5) is 2.42. The van der Waals surface area contributed by atoms with Crippen LogP contribution in [0.4, 0.5) is 5.69 Å². The molecule has 0 heterocycles. The van der Waals surface area contributed by atoms with E-state index in [2.05, 4.69) is 63.9 Å². The molecule has 106 valence electrons. The summed E-state index contributed by atoms with van der Waals surface area (Å²) in [5.74, 6) is 0.624. The van der Waals surface area contributed by atoms with Crippen molar-refractivity contribution in [2.24, 2.45) is 17.1 Å². The summed E-state index contributed by atoms with van der Waals surface area (Å²) < 4.78 is 0. The van der Waals surface area contributed by atoms with Gasteiger partial charge in [-0.1, -0.05) is 38.5 Å². The van der Waals surface area contributed by atoms with Gasteiger partial charge in [0.2, 0.25) is 0 Å². The van der Waals surface area contributed by atoms with Gasteiger partial charge in [0, 0.05) is 19.3 Å². The SMILES string of the molecule is Cc1ccc(N(C)C2(CN)CC(C)(C)CC2C)cc1. The van der Waals surface area contributed by atoms with Crippen LogP contribution in [0.15, 0.2) is 24.3 Å². The number of hydrogen-bond donors (Lipinski definition) is 1. The van der Waals surface area contributed by atoms with Gasteiger partial charge in [0.25, 0.3) is 0 Å². The van der Waals surface area contributed by atoms with Gasteiger partial charge < -0.3 is 10.6 Å². The molecular formula is C17H28N2. The van der Waals surface area contributed by atoms with Gasteiger partial charge in [-0.25, -0.2) is 0 Å². The first-order valence-corrected chi connectivity index (χ1v) is 7.31. The van der Waals surface area contributed by atoms with Gasteiger partial charge in [0.1, 0.15) is 0 Å². The molecule has 0 saturated heterocycles. The van der Waals surface area contributed by atoms with Crippen molar-refractivity contribution in [1.82, 2.24) is 0 Å². The third-order valence-corrected chi connectivity index (χ3v) is 5.00. The Morgan fingerprint density at radius 2 is 1.84 bits per heavy atom. The molecule has 0 bridgehead atoms. The van der Waals surface area contributed by atoms with E-state index in [1.807, 2.05) is 0 Å². The van der Waals surface area contributed by atoms with Crippen molar-refractivity contribution in [3.63, 3.8) is 0 Å². The summed E-state index contributed by atoms with van der Waals surface area (Å²) in [7, 11) is 2.20. The molecule has 2 nitrogen and oxygen atoms in total. The lowest BCUT2D eigenvalue weighted by Crippen LogP contribution is -2.54. The summed E-state index contributed by atoms with van der Waals surface area (Å²) in [5, 5.41) is 0. The van der Waals surface area contributed by atoms with Gasteiger partial charge in [-0.05, 0) is 43.2 Å². The molecule has 1 fully saturated rings.